The monoisotopic (exact) mass is 489 g/mol. The number of hydrogen-bond acceptors (Lipinski definition) is 5. The second-order valence-electron chi connectivity index (χ2n) is 9.70. The van der Waals surface area contributed by atoms with Gasteiger partial charge in [-0.1, -0.05) is 43.7 Å². The summed E-state index contributed by atoms with van der Waals surface area (Å²) in [5, 5.41) is 6.02. The molecule has 2 N–H and O–H groups in total. The lowest BCUT2D eigenvalue weighted by Crippen LogP contribution is -2.50. The molecule has 0 radical (unpaired) electrons. The van der Waals surface area contributed by atoms with Crippen LogP contribution in [0.5, 0.6) is 0 Å². The first-order valence-electron chi connectivity index (χ1n) is 13.2. The molecule has 2 fully saturated rings. The van der Waals surface area contributed by atoms with Gasteiger partial charge in [0.05, 0.1) is 19.8 Å². The molecular formula is C27H43N3O5. The highest BCUT2D eigenvalue weighted by molar-refractivity contribution is 5.74. The molecule has 2 saturated heterocycles. The molecule has 8 nitrogen and oxygen atoms in total. The minimum absolute atomic E-state index is 0.0411. The molecule has 8 heteroatoms. The normalized spacial score (nSPS) is 20.6. The van der Waals surface area contributed by atoms with E-state index in [2.05, 4.69) is 34.4 Å². The lowest BCUT2D eigenvalue weighted by atomic mass is 9.88. The zero-order chi connectivity index (χ0) is 24.9. The molecule has 196 valence electrons. The largest absolute Gasteiger partial charge is 0.453 e. The van der Waals surface area contributed by atoms with Gasteiger partial charge in [0, 0.05) is 44.8 Å². The molecule has 0 unspecified atom stereocenters. The Kier molecular flexibility index (Phi) is 11.6. The van der Waals surface area contributed by atoms with E-state index in [0.717, 1.165) is 70.3 Å². The Hall–Kier alpha value is -2.32. The van der Waals surface area contributed by atoms with Crippen LogP contribution in [-0.2, 0) is 14.2 Å². The van der Waals surface area contributed by atoms with E-state index in [1.54, 1.807) is 0 Å². The van der Waals surface area contributed by atoms with Crippen molar-refractivity contribution in [1.82, 2.24) is 15.5 Å². The number of piperidine rings is 1. The summed E-state index contributed by atoms with van der Waals surface area (Å²) in [5.74, 6) is 0.819. The van der Waals surface area contributed by atoms with Gasteiger partial charge in [-0.15, -0.1) is 0 Å². The molecule has 1 aromatic carbocycles. The van der Waals surface area contributed by atoms with Crippen LogP contribution in [0.25, 0.3) is 0 Å². The van der Waals surface area contributed by atoms with Gasteiger partial charge in [-0.2, -0.15) is 0 Å². The standard InChI is InChI=1S/C27H43N3O5/c1-3-8-24(19-21-12-16-34-17-13-21)29-26(31)30-15-7-11-23(20-30)25(22-9-5-4-6-10-22)35-18-14-28-27(32)33-2/h4-6,9-10,21,23-25H,3,7-8,11-20H2,1-2H3,(H,28,32)(H,29,31)/t23-,24-,25+/m1/s1. The van der Waals surface area contributed by atoms with Crippen molar-refractivity contribution < 1.29 is 23.8 Å². The number of amides is 3. The minimum atomic E-state index is -0.465. The number of hydrogen-bond donors (Lipinski definition) is 2. The molecule has 2 aliphatic rings. The highest BCUT2D eigenvalue weighted by Gasteiger charge is 2.32. The summed E-state index contributed by atoms with van der Waals surface area (Å²) < 4.78 is 16.4. The minimum Gasteiger partial charge on any atom is -0.453 e. The molecule has 3 atom stereocenters. The molecule has 0 bridgehead atoms. The number of carbonyl (C=O) groups excluding carboxylic acids is 2. The van der Waals surface area contributed by atoms with Crippen molar-refractivity contribution >= 4 is 12.1 Å². The summed E-state index contributed by atoms with van der Waals surface area (Å²) in [6.45, 7) is 6.02. The van der Waals surface area contributed by atoms with Gasteiger partial charge < -0.3 is 29.7 Å². The molecule has 0 aliphatic carbocycles. The Morgan fingerprint density at radius 3 is 2.66 bits per heavy atom. The van der Waals surface area contributed by atoms with Gasteiger partial charge in [0.1, 0.15) is 0 Å². The number of ether oxygens (including phenoxy) is 3. The van der Waals surface area contributed by atoms with Gasteiger partial charge in [-0.25, -0.2) is 9.59 Å². The summed E-state index contributed by atoms with van der Waals surface area (Å²) in [5.41, 5.74) is 1.10. The highest BCUT2D eigenvalue weighted by Crippen LogP contribution is 2.33. The van der Waals surface area contributed by atoms with Crippen LogP contribution in [0.15, 0.2) is 30.3 Å². The molecule has 2 aliphatic heterocycles. The molecule has 1 aromatic rings. The number of alkyl carbamates (subject to hydrolysis) is 1. The average Bonchev–Trinajstić information content (AvgIpc) is 2.89. The van der Waals surface area contributed by atoms with Crippen molar-refractivity contribution in [2.45, 2.75) is 64.0 Å². The van der Waals surface area contributed by atoms with Crippen LogP contribution in [0.2, 0.25) is 0 Å². The van der Waals surface area contributed by atoms with E-state index in [1.165, 1.54) is 7.11 Å². The number of nitrogens with one attached hydrogen (secondary N) is 2. The third-order valence-electron chi connectivity index (χ3n) is 7.08. The van der Waals surface area contributed by atoms with Crippen molar-refractivity contribution in [2.75, 3.05) is 46.6 Å². The van der Waals surface area contributed by atoms with Crippen LogP contribution >= 0.6 is 0 Å². The van der Waals surface area contributed by atoms with Gasteiger partial charge in [0.2, 0.25) is 0 Å². The maximum atomic E-state index is 13.3. The Balaban J connectivity index is 1.59. The van der Waals surface area contributed by atoms with Gasteiger partial charge in [0.15, 0.2) is 0 Å². The smallest absolute Gasteiger partial charge is 0.406 e. The summed E-state index contributed by atoms with van der Waals surface area (Å²) in [6.07, 6.45) is 6.60. The van der Waals surface area contributed by atoms with Crippen LogP contribution in [0.4, 0.5) is 9.59 Å². The fourth-order valence-corrected chi connectivity index (χ4v) is 5.25. The Morgan fingerprint density at radius 2 is 1.94 bits per heavy atom. The number of carbonyl (C=O) groups is 2. The van der Waals surface area contributed by atoms with Crippen LogP contribution in [0.3, 0.4) is 0 Å². The van der Waals surface area contributed by atoms with Crippen molar-refractivity contribution in [3.05, 3.63) is 35.9 Å². The number of nitrogens with zero attached hydrogens (tertiary/aromatic N) is 1. The summed E-state index contributed by atoms with van der Waals surface area (Å²) in [4.78, 5) is 26.6. The first-order valence-corrected chi connectivity index (χ1v) is 13.2. The number of likely N-dealkylation sites (tertiary alicyclic amines) is 1. The predicted octanol–water partition coefficient (Wildman–Crippen LogP) is 4.51. The second-order valence-corrected chi connectivity index (χ2v) is 9.70. The maximum Gasteiger partial charge on any atom is 0.406 e. The quantitative estimate of drug-likeness (QED) is 0.447. The topological polar surface area (TPSA) is 89.1 Å². The third-order valence-corrected chi connectivity index (χ3v) is 7.08. The van der Waals surface area contributed by atoms with E-state index in [1.807, 2.05) is 23.1 Å². The van der Waals surface area contributed by atoms with Crippen molar-refractivity contribution in [2.24, 2.45) is 11.8 Å². The second kappa shape index (κ2) is 14.9. The van der Waals surface area contributed by atoms with Gasteiger partial charge >= 0.3 is 12.1 Å². The first-order chi connectivity index (χ1) is 17.1. The predicted molar refractivity (Wildman–Crippen MR) is 135 cm³/mol. The molecule has 2 heterocycles. The summed E-state index contributed by atoms with van der Waals surface area (Å²) in [7, 11) is 1.35. The van der Waals surface area contributed by atoms with Gasteiger partial charge in [-0.05, 0) is 50.0 Å². The van der Waals surface area contributed by atoms with E-state index in [-0.39, 0.29) is 24.1 Å². The molecule has 0 aromatic heterocycles. The van der Waals surface area contributed by atoms with E-state index >= 15 is 0 Å². The number of benzene rings is 1. The van der Waals surface area contributed by atoms with Gasteiger partial charge in [-0.3, -0.25) is 0 Å². The first kappa shape index (κ1) is 27.3. The Bertz CT molecular complexity index is 756. The van der Waals surface area contributed by atoms with E-state index < -0.39 is 6.09 Å². The molecule has 3 rings (SSSR count). The summed E-state index contributed by atoms with van der Waals surface area (Å²) in [6, 6.07) is 10.4. The van der Waals surface area contributed by atoms with E-state index in [4.69, 9.17) is 9.47 Å². The maximum absolute atomic E-state index is 13.3. The molecule has 0 spiro atoms. The fourth-order valence-electron chi connectivity index (χ4n) is 5.25. The van der Waals surface area contributed by atoms with Gasteiger partial charge in [0.25, 0.3) is 0 Å². The number of urea groups is 1. The third kappa shape index (κ3) is 9.00. The van der Waals surface area contributed by atoms with Crippen LogP contribution < -0.4 is 10.6 Å². The van der Waals surface area contributed by atoms with Crippen LogP contribution in [0.1, 0.15) is 63.5 Å². The SMILES string of the molecule is CCC[C@H](CC1CCOCC1)NC(=O)N1CCC[C@@H]([C@@H](OCCNC(=O)OC)c2ccccc2)C1. The van der Waals surface area contributed by atoms with E-state index in [9.17, 15) is 9.59 Å². The molecule has 3 amide bonds. The lowest BCUT2D eigenvalue weighted by molar-refractivity contribution is -0.00871. The van der Waals surface area contributed by atoms with Crippen molar-refractivity contribution in [1.29, 1.82) is 0 Å². The fraction of sp³-hybridized carbons (Fsp3) is 0.704. The Labute approximate surface area is 210 Å². The highest BCUT2D eigenvalue weighted by atomic mass is 16.5. The zero-order valence-corrected chi connectivity index (χ0v) is 21.4. The summed E-state index contributed by atoms with van der Waals surface area (Å²) >= 11 is 0. The Morgan fingerprint density at radius 1 is 1.17 bits per heavy atom. The van der Waals surface area contributed by atoms with Crippen LogP contribution in [-0.4, -0.2) is 69.6 Å². The average molecular weight is 490 g/mol. The zero-order valence-electron chi connectivity index (χ0n) is 21.4. The molecule has 0 saturated carbocycles. The van der Waals surface area contributed by atoms with Crippen molar-refractivity contribution in [3.63, 3.8) is 0 Å². The number of methoxy groups -OCH3 is 1. The molecule has 35 heavy (non-hydrogen) atoms. The number of rotatable bonds is 11. The van der Waals surface area contributed by atoms with Crippen molar-refractivity contribution in [3.8, 4) is 0 Å². The van der Waals surface area contributed by atoms with Crippen LogP contribution in [0, 0.1) is 11.8 Å². The molecular weight excluding hydrogens is 446 g/mol. The van der Waals surface area contributed by atoms with E-state index in [0.29, 0.717) is 25.6 Å². The lowest BCUT2D eigenvalue weighted by Gasteiger charge is -2.38.